The second-order valence-electron chi connectivity index (χ2n) is 4.20. The number of aliphatic hydroxyl groups excluding tert-OH is 1. The first-order valence-electron chi connectivity index (χ1n) is 5.91. The van der Waals surface area contributed by atoms with Crippen LogP contribution in [0.1, 0.15) is 5.56 Å². The highest BCUT2D eigenvalue weighted by Gasteiger charge is 2.11. The van der Waals surface area contributed by atoms with Gasteiger partial charge in [0, 0.05) is 10.7 Å². The number of aromatic nitrogens is 1. The number of hydrogen-bond donors (Lipinski definition) is 2. The Morgan fingerprint density at radius 2 is 1.95 bits per heavy atom. The van der Waals surface area contributed by atoms with E-state index >= 15 is 0 Å². The molecule has 3 nitrogen and oxygen atoms in total. The van der Waals surface area contributed by atoms with E-state index in [1.165, 1.54) is 5.56 Å². The second-order valence-corrected chi connectivity index (χ2v) is 5.97. The summed E-state index contributed by atoms with van der Waals surface area (Å²) in [5, 5.41) is 12.7. The standard InChI is InChI=1S/C14H14Br2N2O/c15-11-7-13(16)14(17-8-11)18-12(9-19)6-10-4-2-1-3-5-10/h1-5,7-8,12,19H,6,9H2,(H,17,18). The Hall–Kier alpha value is -0.910. The molecule has 0 aliphatic rings. The molecule has 100 valence electrons. The molecule has 0 spiro atoms. The van der Waals surface area contributed by atoms with E-state index in [1.54, 1.807) is 6.20 Å². The van der Waals surface area contributed by atoms with Gasteiger partial charge in [0.1, 0.15) is 5.82 Å². The third-order valence-corrected chi connectivity index (χ3v) is 3.73. The van der Waals surface area contributed by atoms with Gasteiger partial charge in [-0.15, -0.1) is 0 Å². The average molecular weight is 386 g/mol. The molecule has 19 heavy (non-hydrogen) atoms. The van der Waals surface area contributed by atoms with Crippen LogP contribution in [-0.4, -0.2) is 22.7 Å². The summed E-state index contributed by atoms with van der Waals surface area (Å²) in [7, 11) is 0. The zero-order valence-corrected chi connectivity index (χ0v) is 13.4. The molecular weight excluding hydrogens is 372 g/mol. The molecule has 2 aromatic rings. The van der Waals surface area contributed by atoms with Gasteiger partial charge in [-0.3, -0.25) is 0 Å². The van der Waals surface area contributed by atoms with Crippen LogP contribution in [0, 0.1) is 0 Å². The van der Waals surface area contributed by atoms with Gasteiger partial charge in [-0.2, -0.15) is 0 Å². The summed E-state index contributed by atoms with van der Waals surface area (Å²) in [6, 6.07) is 11.9. The van der Waals surface area contributed by atoms with E-state index in [4.69, 9.17) is 0 Å². The summed E-state index contributed by atoms with van der Waals surface area (Å²) in [6.45, 7) is 0.0546. The minimum atomic E-state index is -0.0626. The molecule has 0 saturated carbocycles. The number of anilines is 1. The molecule has 0 bridgehead atoms. The van der Waals surface area contributed by atoms with Crippen molar-refractivity contribution in [3.05, 3.63) is 57.1 Å². The van der Waals surface area contributed by atoms with Crippen molar-refractivity contribution in [3.8, 4) is 0 Å². The van der Waals surface area contributed by atoms with Crippen LogP contribution in [0.5, 0.6) is 0 Å². The highest BCUT2D eigenvalue weighted by atomic mass is 79.9. The Morgan fingerprint density at radius 3 is 2.58 bits per heavy atom. The molecule has 0 radical (unpaired) electrons. The van der Waals surface area contributed by atoms with Crippen LogP contribution >= 0.6 is 31.9 Å². The fourth-order valence-corrected chi connectivity index (χ4v) is 2.88. The molecule has 0 fully saturated rings. The SMILES string of the molecule is OCC(Cc1ccccc1)Nc1ncc(Br)cc1Br. The van der Waals surface area contributed by atoms with Crippen LogP contribution in [0.25, 0.3) is 0 Å². The van der Waals surface area contributed by atoms with Crippen molar-refractivity contribution in [1.29, 1.82) is 0 Å². The number of pyridine rings is 1. The third kappa shape index (κ3) is 4.30. The van der Waals surface area contributed by atoms with Crippen LogP contribution in [0.2, 0.25) is 0 Å². The van der Waals surface area contributed by atoms with Crippen molar-refractivity contribution in [1.82, 2.24) is 4.98 Å². The minimum Gasteiger partial charge on any atom is -0.394 e. The average Bonchev–Trinajstić information content (AvgIpc) is 2.42. The molecular formula is C14H14Br2N2O. The van der Waals surface area contributed by atoms with Gasteiger partial charge in [0.25, 0.3) is 0 Å². The topological polar surface area (TPSA) is 45.1 Å². The molecule has 2 rings (SSSR count). The molecule has 0 amide bonds. The second kappa shape index (κ2) is 7.03. The number of halogens is 2. The van der Waals surface area contributed by atoms with E-state index in [0.717, 1.165) is 21.2 Å². The van der Waals surface area contributed by atoms with Gasteiger partial charge in [-0.1, -0.05) is 30.3 Å². The molecule has 0 aliphatic carbocycles. The Morgan fingerprint density at radius 1 is 1.21 bits per heavy atom. The van der Waals surface area contributed by atoms with Crippen LogP contribution in [0.3, 0.4) is 0 Å². The number of aliphatic hydroxyl groups is 1. The van der Waals surface area contributed by atoms with Gasteiger partial charge >= 0.3 is 0 Å². The van der Waals surface area contributed by atoms with E-state index in [9.17, 15) is 5.11 Å². The molecule has 2 N–H and O–H groups in total. The fraction of sp³-hybridized carbons (Fsp3) is 0.214. The van der Waals surface area contributed by atoms with Gasteiger partial charge in [-0.05, 0) is 49.9 Å². The lowest BCUT2D eigenvalue weighted by Gasteiger charge is -2.18. The van der Waals surface area contributed by atoms with Crippen LogP contribution in [-0.2, 0) is 6.42 Å². The number of nitrogens with zero attached hydrogens (tertiary/aromatic N) is 1. The van der Waals surface area contributed by atoms with Crippen LogP contribution < -0.4 is 5.32 Å². The first kappa shape index (κ1) is 14.5. The summed E-state index contributed by atoms with van der Waals surface area (Å²) < 4.78 is 1.78. The van der Waals surface area contributed by atoms with Gasteiger partial charge in [0.2, 0.25) is 0 Å². The number of benzene rings is 1. The minimum absolute atomic E-state index is 0.0546. The molecule has 1 atom stereocenters. The third-order valence-electron chi connectivity index (χ3n) is 2.69. The van der Waals surface area contributed by atoms with Crippen molar-refractivity contribution in [3.63, 3.8) is 0 Å². The lowest BCUT2D eigenvalue weighted by atomic mass is 10.1. The van der Waals surface area contributed by atoms with E-state index in [2.05, 4.69) is 42.2 Å². The number of hydrogen-bond acceptors (Lipinski definition) is 3. The summed E-state index contributed by atoms with van der Waals surface area (Å²) in [4.78, 5) is 4.29. The summed E-state index contributed by atoms with van der Waals surface area (Å²) in [6.07, 6.45) is 2.48. The predicted molar refractivity (Wildman–Crippen MR) is 84.3 cm³/mol. The summed E-state index contributed by atoms with van der Waals surface area (Å²) in [5.74, 6) is 0.734. The highest BCUT2D eigenvalue weighted by molar-refractivity contribution is 9.11. The lowest BCUT2D eigenvalue weighted by molar-refractivity contribution is 0.273. The molecule has 0 saturated heterocycles. The summed E-state index contributed by atoms with van der Waals surface area (Å²) >= 11 is 6.82. The van der Waals surface area contributed by atoms with Gasteiger partial charge in [0.15, 0.2) is 0 Å². The van der Waals surface area contributed by atoms with E-state index < -0.39 is 0 Å². The van der Waals surface area contributed by atoms with Gasteiger partial charge in [0.05, 0.1) is 17.1 Å². The maximum Gasteiger partial charge on any atom is 0.140 e. The molecule has 1 heterocycles. The van der Waals surface area contributed by atoms with Crippen molar-refractivity contribution < 1.29 is 5.11 Å². The van der Waals surface area contributed by atoms with Crippen molar-refractivity contribution >= 4 is 37.7 Å². The highest BCUT2D eigenvalue weighted by Crippen LogP contribution is 2.24. The first-order chi connectivity index (χ1) is 9.19. The fourth-order valence-electron chi connectivity index (χ4n) is 1.77. The maximum atomic E-state index is 9.48. The van der Waals surface area contributed by atoms with Crippen LogP contribution in [0.4, 0.5) is 5.82 Å². The van der Waals surface area contributed by atoms with Crippen molar-refractivity contribution in [2.75, 3.05) is 11.9 Å². The Labute approximate surface area is 129 Å². The summed E-state index contributed by atoms with van der Waals surface area (Å²) in [5.41, 5.74) is 1.18. The monoisotopic (exact) mass is 384 g/mol. The van der Waals surface area contributed by atoms with Crippen molar-refractivity contribution in [2.24, 2.45) is 0 Å². The number of nitrogens with one attached hydrogen (secondary N) is 1. The molecule has 1 aromatic carbocycles. The lowest BCUT2D eigenvalue weighted by Crippen LogP contribution is -2.27. The zero-order valence-electron chi connectivity index (χ0n) is 10.2. The van der Waals surface area contributed by atoms with E-state index in [-0.39, 0.29) is 12.6 Å². The first-order valence-corrected chi connectivity index (χ1v) is 7.50. The zero-order chi connectivity index (χ0) is 13.7. The molecule has 1 aromatic heterocycles. The Balaban J connectivity index is 2.06. The quantitative estimate of drug-likeness (QED) is 0.826. The van der Waals surface area contributed by atoms with Gasteiger partial charge in [-0.25, -0.2) is 4.98 Å². The van der Waals surface area contributed by atoms with E-state index in [0.29, 0.717) is 0 Å². The normalized spacial score (nSPS) is 12.2. The molecule has 1 unspecified atom stereocenters. The van der Waals surface area contributed by atoms with E-state index in [1.807, 2.05) is 36.4 Å². The largest absolute Gasteiger partial charge is 0.394 e. The van der Waals surface area contributed by atoms with Crippen molar-refractivity contribution in [2.45, 2.75) is 12.5 Å². The number of rotatable bonds is 5. The Bertz CT molecular complexity index is 534. The smallest absolute Gasteiger partial charge is 0.140 e. The predicted octanol–water partition coefficient (Wildman–Crippen LogP) is 3.62. The van der Waals surface area contributed by atoms with Crippen LogP contribution in [0.15, 0.2) is 51.5 Å². The van der Waals surface area contributed by atoms with Gasteiger partial charge < -0.3 is 10.4 Å². The maximum absolute atomic E-state index is 9.48. The molecule has 0 aliphatic heterocycles. The Kier molecular flexibility index (Phi) is 5.36. The molecule has 5 heteroatoms.